The number of sulfone groups is 1. The van der Waals surface area contributed by atoms with E-state index in [4.69, 9.17) is 9.47 Å². The molecule has 4 rings (SSSR count). The largest absolute Gasteiger partial charge is 0.491 e. The van der Waals surface area contributed by atoms with Crippen molar-refractivity contribution in [2.45, 2.75) is 63.6 Å². The molecule has 2 fully saturated rings. The fraction of sp³-hybridized carbons (Fsp3) is 0.720. The van der Waals surface area contributed by atoms with Crippen molar-refractivity contribution >= 4 is 15.7 Å². The van der Waals surface area contributed by atoms with Crippen LogP contribution in [0.5, 0.6) is 5.75 Å². The topological polar surface area (TPSA) is 76.2 Å². The zero-order valence-electron chi connectivity index (χ0n) is 20.0. The standard InChI is InChI=1S/C25H38N2O5S/c1-26(22-11-15-33(29,30)18-22)12-10-24(28)27-13-14-32-23-9-8-20(16-21(23)17-27)25(31-2)19-6-4-3-5-7-19/h8-9,16,19,22,25H,3-7,10-15,17-18H2,1-2H3/t22-,25+/m1/s1. The lowest BCUT2D eigenvalue weighted by Crippen LogP contribution is -2.38. The fourth-order valence-corrected chi connectivity index (χ4v) is 7.38. The van der Waals surface area contributed by atoms with Gasteiger partial charge in [0.2, 0.25) is 5.91 Å². The van der Waals surface area contributed by atoms with Gasteiger partial charge < -0.3 is 19.3 Å². The molecule has 0 aromatic heterocycles. The molecule has 0 bridgehead atoms. The molecule has 0 radical (unpaired) electrons. The minimum Gasteiger partial charge on any atom is -0.491 e. The maximum Gasteiger partial charge on any atom is 0.224 e. The van der Waals surface area contributed by atoms with Crippen LogP contribution in [-0.4, -0.2) is 75.5 Å². The van der Waals surface area contributed by atoms with Crippen molar-refractivity contribution in [1.29, 1.82) is 0 Å². The van der Waals surface area contributed by atoms with Crippen LogP contribution in [-0.2, 0) is 25.9 Å². The summed E-state index contributed by atoms with van der Waals surface area (Å²) in [7, 11) is 0.790. The summed E-state index contributed by atoms with van der Waals surface area (Å²) in [5, 5.41) is 0. The van der Waals surface area contributed by atoms with Crippen LogP contribution in [0.25, 0.3) is 0 Å². The maximum absolute atomic E-state index is 13.0. The average Bonchev–Trinajstić information content (AvgIpc) is 3.05. The molecule has 2 atom stereocenters. The Labute approximate surface area is 198 Å². The predicted octanol–water partition coefficient (Wildman–Crippen LogP) is 3.18. The molecule has 1 aliphatic carbocycles. The highest BCUT2D eigenvalue weighted by Crippen LogP contribution is 2.38. The van der Waals surface area contributed by atoms with Crippen molar-refractivity contribution in [3.63, 3.8) is 0 Å². The van der Waals surface area contributed by atoms with E-state index >= 15 is 0 Å². The molecule has 1 amide bonds. The fourth-order valence-electron chi connectivity index (χ4n) is 5.58. The molecule has 0 N–H and O–H groups in total. The lowest BCUT2D eigenvalue weighted by molar-refractivity contribution is -0.132. The van der Waals surface area contributed by atoms with Crippen LogP contribution in [0.4, 0.5) is 0 Å². The molecule has 1 saturated carbocycles. The molecule has 3 aliphatic rings. The molecule has 1 aromatic rings. The Morgan fingerprint density at radius 3 is 2.73 bits per heavy atom. The number of methoxy groups -OCH3 is 1. The number of benzene rings is 1. The van der Waals surface area contributed by atoms with Gasteiger partial charge in [0.1, 0.15) is 12.4 Å². The normalized spacial score (nSPS) is 24.2. The first kappa shape index (κ1) is 24.5. The summed E-state index contributed by atoms with van der Waals surface area (Å²) in [5.41, 5.74) is 2.20. The number of hydrogen-bond donors (Lipinski definition) is 0. The van der Waals surface area contributed by atoms with Crippen LogP contribution in [0.15, 0.2) is 18.2 Å². The summed E-state index contributed by atoms with van der Waals surface area (Å²) in [5.74, 6) is 1.93. The van der Waals surface area contributed by atoms with Crippen LogP contribution in [0.3, 0.4) is 0 Å². The monoisotopic (exact) mass is 478 g/mol. The van der Waals surface area contributed by atoms with Gasteiger partial charge in [-0.3, -0.25) is 4.79 Å². The predicted molar refractivity (Wildman–Crippen MR) is 128 cm³/mol. The van der Waals surface area contributed by atoms with E-state index in [2.05, 4.69) is 12.1 Å². The SMILES string of the molecule is CO[C@H](c1ccc2c(c1)CN(C(=O)CCN(C)[C@@H]1CCS(=O)(=O)C1)CCO2)C1CCCCC1. The molecule has 2 heterocycles. The molecule has 8 heteroatoms. The van der Waals surface area contributed by atoms with Gasteiger partial charge in [0.25, 0.3) is 0 Å². The van der Waals surface area contributed by atoms with Crippen LogP contribution < -0.4 is 4.74 Å². The number of rotatable bonds is 7. The van der Waals surface area contributed by atoms with E-state index in [1.807, 2.05) is 22.9 Å². The first-order chi connectivity index (χ1) is 15.9. The summed E-state index contributed by atoms with van der Waals surface area (Å²) in [6.07, 6.45) is 7.36. The molecular formula is C25H38N2O5S. The second-order valence-electron chi connectivity index (χ2n) is 9.87. The first-order valence-electron chi connectivity index (χ1n) is 12.3. The lowest BCUT2D eigenvalue weighted by Gasteiger charge is -2.30. The quantitative estimate of drug-likeness (QED) is 0.599. The number of carbonyl (C=O) groups excluding carboxylic acids is 1. The minimum absolute atomic E-state index is 0.0179. The highest BCUT2D eigenvalue weighted by molar-refractivity contribution is 7.91. The number of fused-ring (bicyclic) bond motifs is 1. The number of nitrogens with zero attached hydrogens (tertiary/aromatic N) is 2. The van der Waals surface area contributed by atoms with E-state index < -0.39 is 9.84 Å². The molecule has 1 aromatic carbocycles. The number of hydrogen-bond acceptors (Lipinski definition) is 6. The van der Waals surface area contributed by atoms with E-state index in [-0.39, 0.29) is 29.6 Å². The molecule has 184 valence electrons. The van der Waals surface area contributed by atoms with Crippen molar-refractivity contribution < 1.29 is 22.7 Å². The van der Waals surface area contributed by atoms with Crippen molar-refractivity contribution in [1.82, 2.24) is 9.80 Å². The second-order valence-corrected chi connectivity index (χ2v) is 12.1. The molecule has 1 saturated heterocycles. The zero-order valence-corrected chi connectivity index (χ0v) is 20.8. The first-order valence-corrected chi connectivity index (χ1v) is 14.2. The van der Waals surface area contributed by atoms with Gasteiger partial charge in [-0.15, -0.1) is 0 Å². The Morgan fingerprint density at radius 2 is 2.03 bits per heavy atom. The highest BCUT2D eigenvalue weighted by Gasteiger charge is 2.31. The van der Waals surface area contributed by atoms with Crippen LogP contribution >= 0.6 is 0 Å². The van der Waals surface area contributed by atoms with Crippen molar-refractivity contribution in [2.75, 3.05) is 45.4 Å². The molecule has 0 unspecified atom stereocenters. The Kier molecular flexibility index (Phi) is 7.97. The molecule has 7 nitrogen and oxygen atoms in total. The van der Waals surface area contributed by atoms with Gasteiger partial charge in [-0.1, -0.05) is 25.3 Å². The van der Waals surface area contributed by atoms with Crippen molar-refractivity contribution in [2.24, 2.45) is 5.92 Å². The summed E-state index contributed by atoms with van der Waals surface area (Å²) >= 11 is 0. The summed E-state index contributed by atoms with van der Waals surface area (Å²) in [6, 6.07) is 6.33. The molecule has 0 spiro atoms. The minimum atomic E-state index is -2.92. The Morgan fingerprint density at radius 1 is 1.24 bits per heavy atom. The Bertz CT molecular complexity index is 929. The lowest BCUT2D eigenvalue weighted by atomic mass is 9.82. The molecule has 2 aliphatic heterocycles. The number of ether oxygens (including phenoxy) is 2. The average molecular weight is 479 g/mol. The van der Waals surface area contributed by atoms with E-state index in [0.717, 1.165) is 11.3 Å². The summed E-state index contributed by atoms with van der Waals surface area (Å²) in [6.45, 7) is 2.13. The van der Waals surface area contributed by atoms with Gasteiger partial charge in [-0.2, -0.15) is 0 Å². The third kappa shape index (κ3) is 6.08. The zero-order chi connectivity index (χ0) is 23.4. The van der Waals surface area contributed by atoms with E-state index in [1.54, 1.807) is 7.11 Å². The van der Waals surface area contributed by atoms with E-state index in [1.165, 1.54) is 37.7 Å². The Balaban J connectivity index is 1.39. The number of amides is 1. The van der Waals surface area contributed by atoms with Gasteiger partial charge in [-0.25, -0.2) is 8.42 Å². The number of carbonyl (C=O) groups is 1. The van der Waals surface area contributed by atoms with Gasteiger partial charge >= 0.3 is 0 Å². The third-order valence-corrected chi connectivity index (χ3v) is 9.34. The van der Waals surface area contributed by atoms with E-state index in [0.29, 0.717) is 45.0 Å². The second kappa shape index (κ2) is 10.7. The molecular weight excluding hydrogens is 440 g/mol. The van der Waals surface area contributed by atoms with E-state index in [9.17, 15) is 13.2 Å². The van der Waals surface area contributed by atoms with Gasteiger partial charge in [0, 0.05) is 38.2 Å². The smallest absolute Gasteiger partial charge is 0.224 e. The maximum atomic E-state index is 13.0. The van der Waals surface area contributed by atoms with Crippen molar-refractivity contribution in [3.8, 4) is 5.75 Å². The van der Waals surface area contributed by atoms with Crippen molar-refractivity contribution in [3.05, 3.63) is 29.3 Å². The van der Waals surface area contributed by atoms with Crippen LogP contribution in [0.2, 0.25) is 0 Å². The Hall–Kier alpha value is -1.64. The third-order valence-electron chi connectivity index (χ3n) is 7.59. The van der Waals surface area contributed by atoms with Gasteiger partial charge in [-0.05, 0) is 49.9 Å². The highest BCUT2D eigenvalue weighted by atomic mass is 32.2. The van der Waals surface area contributed by atoms with Crippen LogP contribution in [0, 0.1) is 5.92 Å². The van der Waals surface area contributed by atoms with Gasteiger partial charge in [0.15, 0.2) is 9.84 Å². The summed E-state index contributed by atoms with van der Waals surface area (Å²) in [4.78, 5) is 16.9. The summed E-state index contributed by atoms with van der Waals surface area (Å²) < 4.78 is 35.4. The van der Waals surface area contributed by atoms with Gasteiger partial charge in [0.05, 0.1) is 24.2 Å². The molecule has 33 heavy (non-hydrogen) atoms. The van der Waals surface area contributed by atoms with Crippen LogP contribution in [0.1, 0.15) is 62.2 Å².